The molecule has 1 aromatic rings. The van der Waals surface area contributed by atoms with E-state index in [1.54, 1.807) is 18.2 Å². The number of methoxy groups -OCH3 is 1. The maximum absolute atomic E-state index is 11.8. The number of hydrogen-bond donors (Lipinski definition) is 2. The number of rotatable bonds is 5. The highest BCUT2D eigenvalue weighted by molar-refractivity contribution is 7.93. The van der Waals surface area contributed by atoms with E-state index in [0.717, 1.165) is 18.2 Å². The molecule has 3 N–H and O–H groups in total. The van der Waals surface area contributed by atoms with Crippen LogP contribution in [0.25, 0.3) is 0 Å². The van der Waals surface area contributed by atoms with Crippen molar-refractivity contribution in [3.63, 3.8) is 0 Å². The SMILES string of the molecule is CCc1cc(C#CCN)ccc1NS(=O)(=O)CC(=O)OC. The van der Waals surface area contributed by atoms with Crippen LogP contribution in [0, 0.1) is 11.8 Å². The number of anilines is 1. The van der Waals surface area contributed by atoms with Crippen molar-refractivity contribution in [2.75, 3.05) is 24.1 Å². The van der Waals surface area contributed by atoms with E-state index >= 15 is 0 Å². The first-order valence-electron chi connectivity index (χ1n) is 6.31. The Morgan fingerprint density at radius 2 is 2.14 bits per heavy atom. The van der Waals surface area contributed by atoms with E-state index in [2.05, 4.69) is 21.3 Å². The van der Waals surface area contributed by atoms with Gasteiger partial charge in [-0.2, -0.15) is 0 Å². The first kappa shape index (κ1) is 17.0. The number of carbonyl (C=O) groups is 1. The fraction of sp³-hybridized carbons (Fsp3) is 0.357. The minimum absolute atomic E-state index is 0.259. The van der Waals surface area contributed by atoms with E-state index < -0.39 is 21.7 Å². The van der Waals surface area contributed by atoms with Gasteiger partial charge < -0.3 is 10.5 Å². The van der Waals surface area contributed by atoms with Crippen molar-refractivity contribution < 1.29 is 17.9 Å². The van der Waals surface area contributed by atoms with Crippen LogP contribution in [-0.4, -0.2) is 33.8 Å². The minimum Gasteiger partial charge on any atom is -0.468 e. The Morgan fingerprint density at radius 1 is 1.43 bits per heavy atom. The monoisotopic (exact) mass is 310 g/mol. The topological polar surface area (TPSA) is 98.5 Å². The van der Waals surface area contributed by atoms with Crippen LogP contribution in [0.5, 0.6) is 0 Å². The van der Waals surface area contributed by atoms with Crippen LogP contribution in [0.2, 0.25) is 0 Å². The van der Waals surface area contributed by atoms with Crippen LogP contribution >= 0.6 is 0 Å². The second-order valence-electron chi connectivity index (χ2n) is 4.17. The zero-order valence-corrected chi connectivity index (χ0v) is 12.8. The van der Waals surface area contributed by atoms with E-state index in [1.807, 2.05) is 6.92 Å². The molecule has 0 saturated carbocycles. The van der Waals surface area contributed by atoms with Gasteiger partial charge in [0.15, 0.2) is 5.75 Å². The summed E-state index contributed by atoms with van der Waals surface area (Å²) in [6.07, 6.45) is 0.619. The zero-order valence-electron chi connectivity index (χ0n) is 12.0. The van der Waals surface area contributed by atoms with Crippen molar-refractivity contribution >= 4 is 21.7 Å². The Balaban J connectivity index is 3.00. The molecule has 1 aromatic carbocycles. The zero-order chi connectivity index (χ0) is 15.9. The molecule has 0 aliphatic carbocycles. The van der Waals surface area contributed by atoms with Gasteiger partial charge in [-0.15, -0.1) is 0 Å². The summed E-state index contributed by atoms with van der Waals surface area (Å²) in [7, 11) is -2.65. The third kappa shape index (κ3) is 5.45. The van der Waals surface area contributed by atoms with Gasteiger partial charge in [0.05, 0.1) is 19.3 Å². The molecule has 6 nitrogen and oxygen atoms in total. The number of benzene rings is 1. The van der Waals surface area contributed by atoms with Gasteiger partial charge in [0.1, 0.15) is 0 Å². The normalized spacial score (nSPS) is 10.4. The Kier molecular flexibility index (Phi) is 6.21. The fourth-order valence-electron chi connectivity index (χ4n) is 1.63. The van der Waals surface area contributed by atoms with Gasteiger partial charge in [-0.25, -0.2) is 8.42 Å². The van der Waals surface area contributed by atoms with Crippen molar-refractivity contribution in [3.05, 3.63) is 29.3 Å². The molecule has 0 unspecified atom stereocenters. The minimum atomic E-state index is -3.79. The lowest BCUT2D eigenvalue weighted by molar-refractivity contribution is -0.137. The molecule has 0 amide bonds. The number of hydrogen-bond acceptors (Lipinski definition) is 5. The first-order valence-corrected chi connectivity index (χ1v) is 7.96. The Hall–Kier alpha value is -2.04. The summed E-state index contributed by atoms with van der Waals surface area (Å²) in [6.45, 7) is 2.16. The summed E-state index contributed by atoms with van der Waals surface area (Å²) in [5.41, 5.74) is 7.28. The van der Waals surface area contributed by atoms with Gasteiger partial charge in [-0.05, 0) is 30.2 Å². The highest BCUT2D eigenvalue weighted by Gasteiger charge is 2.18. The van der Waals surface area contributed by atoms with Crippen molar-refractivity contribution in [1.82, 2.24) is 0 Å². The highest BCUT2D eigenvalue weighted by Crippen LogP contribution is 2.19. The van der Waals surface area contributed by atoms with Gasteiger partial charge in [0.2, 0.25) is 10.0 Å². The molecule has 114 valence electrons. The lowest BCUT2D eigenvalue weighted by atomic mass is 10.1. The predicted octanol–water partition coefficient (Wildman–Crippen LogP) is 0.474. The van der Waals surface area contributed by atoms with Gasteiger partial charge in [0.25, 0.3) is 0 Å². The van der Waals surface area contributed by atoms with Gasteiger partial charge in [-0.3, -0.25) is 9.52 Å². The summed E-state index contributed by atoms with van der Waals surface area (Å²) < 4.78 is 30.4. The highest BCUT2D eigenvalue weighted by atomic mass is 32.2. The van der Waals surface area contributed by atoms with E-state index in [-0.39, 0.29) is 6.54 Å². The van der Waals surface area contributed by atoms with E-state index in [0.29, 0.717) is 12.1 Å². The molecular weight excluding hydrogens is 292 g/mol. The second kappa shape index (κ2) is 7.67. The van der Waals surface area contributed by atoms with Crippen molar-refractivity contribution in [3.8, 4) is 11.8 Å². The van der Waals surface area contributed by atoms with E-state index in [1.165, 1.54) is 0 Å². The third-order valence-corrected chi connectivity index (χ3v) is 3.77. The van der Waals surface area contributed by atoms with Crippen LogP contribution in [-0.2, 0) is 26.0 Å². The van der Waals surface area contributed by atoms with Crippen molar-refractivity contribution in [2.45, 2.75) is 13.3 Å². The summed E-state index contributed by atoms with van der Waals surface area (Å²) in [4.78, 5) is 11.1. The molecule has 0 radical (unpaired) electrons. The molecule has 0 fully saturated rings. The molecule has 21 heavy (non-hydrogen) atoms. The predicted molar refractivity (Wildman–Crippen MR) is 81.2 cm³/mol. The van der Waals surface area contributed by atoms with Crippen molar-refractivity contribution in [2.24, 2.45) is 5.73 Å². The van der Waals surface area contributed by atoms with E-state index in [9.17, 15) is 13.2 Å². The molecule has 7 heteroatoms. The molecule has 0 aromatic heterocycles. The standard InChI is InChI=1S/C14H18N2O4S/c1-3-12-9-11(5-4-8-15)6-7-13(12)16-21(18,19)10-14(17)20-2/h6-7,9,16H,3,8,10,15H2,1-2H3. The number of esters is 1. The molecule has 1 rings (SSSR count). The van der Waals surface area contributed by atoms with Gasteiger partial charge in [0, 0.05) is 5.56 Å². The number of ether oxygens (including phenoxy) is 1. The average Bonchev–Trinajstić information content (AvgIpc) is 2.45. The van der Waals surface area contributed by atoms with Gasteiger partial charge in [-0.1, -0.05) is 18.8 Å². The molecule has 0 aliphatic rings. The number of nitrogens with one attached hydrogen (secondary N) is 1. The molecule has 0 spiro atoms. The van der Waals surface area contributed by atoms with Crippen molar-refractivity contribution in [1.29, 1.82) is 0 Å². The largest absolute Gasteiger partial charge is 0.468 e. The molecule has 0 heterocycles. The number of aryl methyl sites for hydroxylation is 1. The lowest BCUT2D eigenvalue weighted by Crippen LogP contribution is -2.24. The second-order valence-corrected chi connectivity index (χ2v) is 5.89. The first-order chi connectivity index (χ1) is 9.91. The van der Waals surface area contributed by atoms with E-state index in [4.69, 9.17) is 5.73 Å². The smallest absolute Gasteiger partial charge is 0.322 e. The van der Waals surface area contributed by atoms with Crippen LogP contribution < -0.4 is 10.5 Å². The Bertz CT molecular complexity index is 672. The maximum atomic E-state index is 11.8. The average molecular weight is 310 g/mol. The van der Waals surface area contributed by atoms with Crippen LogP contribution in [0.4, 0.5) is 5.69 Å². The Morgan fingerprint density at radius 3 is 2.71 bits per heavy atom. The maximum Gasteiger partial charge on any atom is 0.322 e. The lowest BCUT2D eigenvalue weighted by Gasteiger charge is -2.11. The molecule has 0 bridgehead atoms. The third-order valence-electron chi connectivity index (χ3n) is 2.62. The van der Waals surface area contributed by atoms with Gasteiger partial charge >= 0.3 is 5.97 Å². The summed E-state index contributed by atoms with van der Waals surface area (Å²) in [5, 5.41) is 0. The molecular formula is C14H18N2O4S. The van der Waals surface area contributed by atoms with Crippen LogP contribution in [0.1, 0.15) is 18.1 Å². The van der Waals surface area contributed by atoms with Crippen LogP contribution in [0.3, 0.4) is 0 Å². The Labute approximate surface area is 124 Å². The molecule has 0 saturated heterocycles. The summed E-state index contributed by atoms with van der Waals surface area (Å²) >= 11 is 0. The summed E-state index contributed by atoms with van der Waals surface area (Å²) in [5.74, 6) is 4.08. The van der Waals surface area contributed by atoms with Crippen LogP contribution in [0.15, 0.2) is 18.2 Å². The quantitative estimate of drug-likeness (QED) is 0.608. The number of nitrogens with two attached hydrogens (primary N) is 1. The molecule has 0 atom stereocenters. The fourth-order valence-corrected chi connectivity index (χ4v) is 2.67. The number of carbonyl (C=O) groups excluding carboxylic acids is 1. The molecule has 0 aliphatic heterocycles. The number of sulfonamides is 1. The summed E-state index contributed by atoms with van der Waals surface area (Å²) in [6, 6.07) is 5.10.